The summed E-state index contributed by atoms with van der Waals surface area (Å²) in [6.45, 7) is 5.35. The lowest BCUT2D eigenvalue weighted by atomic mass is 10.1. The highest BCUT2D eigenvalue weighted by atomic mass is 32.2. The van der Waals surface area contributed by atoms with Gasteiger partial charge in [-0.2, -0.15) is 0 Å². The van der Waals surface area contributed by atoms with Crippen LogP contribution in [0.2, 0.25) is 0 Å². The molecule has 1 fully saturated rings. The summed E-state index contributed by atoms with van der Waals surface area (Å²) < 4.78 is 20.5. The maximum absolute atomic E-state index is 11.1. The van der Waals surface area contributed by atoms with Crippen LogP contribution in [0.15, 0.2) is 0 Å². The molecular weight excluding hydrogens is 276 g/mol. The molecule has 19 heavy (non-hydrogen) atoms. The third-order valence-electron chi connectivity index (χ3n) is 2.24. The number of esters is 3. The summed E-state index contributed by atoms with van der Waals surface area (Å²) >= 11 is 0.869. The highest BCUT2D eigenvalue weighted by molar-refractivity contribution is 7.95. The van der Waals surface area contributed by atoms with Gasteiger partial charge in [-0.3, -0.25) is 14.4 Å². The lowest BCUT2D eigenvalue weighted by Crippen LogP contribution is -2.52. The van der Waals surface area contributed by atoms with Crippen molar-refractivity contribution < 1.29 is 32.8 Å². The second-order valence-corrected chi connectivity index (χ2v) is 4.87. The van der Waals surface area contributed by atoms with E-state index in [1.807, 2.05) is 0 Å². The van der Waals surface area contributed by atoms with Crippen LogP contribution in [-0.2, 0) is 32.8 Å². The lowest BCUT2D eigenvalue weighted by molar-refractivity contribution is -0.186. The molecule has 4 atom stereocenters. The molecule has 0 saturated carbocycles. The number of hydrogen-bond donors (Lipinski definition) is 0. The minimum Gasteiger partial charge on any atom is -0.456 e. The van der Waals surface area contributed by atoms with Crippen molar-refractivity contribution >= 4 is 30.0 Å². The van der Waals surface area contributed by atoms with Gasteiger partial charge in [0.15, 0.2) is 12.2 Å². The molecule has 1 saturated heterocycles. The zero-order chi connectivity index (χ0) is 14.6. The largest absolute Gasteiger partial charge is 0.456 e. The summed E-state index contributed by atoms with van der Waals surface area (Å²) in [4.78, 5) is 33.2. The van der Waals surface area contributed by atoms with Crippen molar-refractivity contribution in [1.29, 1.82) is 0 Å². The maximum atomic E-state index is 11.1. The molecule has 7 nitrogen and oxygen atoms in total. The Bertz CT molecular complexity index is 370. The third kappa shape index (κ3) is 4.71. The van der Waals surface area contributed by atoms with E-state index in [0.717, 1.165) is 12.0 Å². The Labute approximate surface area is 115 Å². The molecule has 1 aliphatic rings. The quantitative estimate of drug-likeness (QED) is 0.429. The molecule has 0 aromatic rings. The summed E-state index contributed by atoms with van der Waals surface area (Å²) in [5.41, 5.74) is -0.873. The van der Waals surface area contributed by atoms with Crippen LogP contribution in [0, 0.1) is 0 Å². The smallest absolute Gasteiger partial charge is 0.303 e. The van der Waals surface area contributed by atoms with E-state index in [1.165, 1.54) is 20.8 Å². The van der Waals surface area contributed by atoms with Crippen LogP contribution < -0.4 is 0 Å². The molecule has 0 radical (unpaired) electrons. The van der Waals surface area contributed by atoms with E-state index in [0.29, 0.717) is 0 Å². The number of rotatable bonds is 3. The van der Waals surface area contributed by atoms with E-state index in [1.54, 1.807) is 6.92 Å². The maximum Gasteiger partial charge on any atom is 0.303 e. The van der Waals surface area contributed by atoms with Crippen LogP contribution >= 0.6 is 12.0 Å². The van der Waals surface area contributed by atoms with Gasteiger partial charge in [-0.15, -0.1) is 0 Å². The third-order valence-corrected chi connectivity index (χ3v) is 3.21. The average molecular weight is 292 g/mol. The first-order chi connectivity index (χ1) is 8.81. The molecule has 0 amide bonds. The van der Waals surface area contributed by atoms with Gasteiger partial charge >= 0.3 is 17.9 Å². The fourth-order valence-electron chi connectivity index (χ4n) is 1.59. The summed E-state index contributed by atoms with van der Waals surface area (Å²) in [5.74, 6) is -1.64. The summed E-state index contributed by atoms with van der Waals surface area (Å²) in [6.07, 6.45) is -2.23. The van der Waals surface area contributed by atoms with Crippen molar-refractivity contribution in [3.63, 3.8) is 0 Å². The molecule has 0 bridgehead atoms. The molecule has 1 aliphatic heterocycles. The van der Waals surface area contributed by atoms with Crippen LogP contribution in [-0.4, -0.2) is 41.7 Å². The van der Waals surface area contributed by atoms with E-state index < -0.39 is 41.7 Å². The van der Waals surface area contributed by atoms with E-state index in [2.05, 4.69) is 0 Å². The lowest BCUT2D eigenvalue weighted by Gasteiger charge is -2.38. The topological polar surface area (TPSA) is 88.1 Å². The highest BCUT2D eigenvalue weighted by Crippen LogP contribution is 2.33. The van der Waals surface area contributed by atoms with Gasteiger partial charge in [0.05, 0.1) is 0 Å². The van der Waals surface area contributed by atoms with Gasteiger partial charge < -0.3 is 18.4 Å². The number of carbonyl (C=O) groups excluding carboxylic acids is 3. The minimum absolute atomic E-state index is 0.495. The van der Waals surface area contributed by atoms with Crippen LogP contribution in [0.4, 0.5) is 0 Å². The Hall–Kier alpha value is -1.28. The monoisotopic (exact) mass is 292 g/mol. The molecule has 1 rings (SSSR count). The predicted molar refractivity (Wildman–Crippen MR) is 64.8 cm³/mol. The van der Waals surface area contributed by atoms with E-state index in [9.17, 15) is 14.4 Å². The molecule has 0 aliphatic carbocycles. The van der Waals surface area contributed by atoms with Crippen LogP contribution in [0.25, 0.3) is 0 Å². The van der Waals surface area contributed by atoms with Crippen LogP contribution in [0.1, 0.15) is 27.7 Å². The molecule has 108 valence electrons. The molecule has 0 aromatic heterocycles. The van der Waals surface area contributed by atoms with Gasteiger partial charge in [-0.25, -0.2) is 0 Å². The Morgan fingerprint density at radius 2 is 1.37 bits per heavy atom. The van der Waals surface area contributed by atoms with Gasteiger partial charge in [0.2, 0.25) is 5.44 Å². The number of hydrogen-bond acceptors (Lipinski definition) is 8. The number of carbonyl (C=O) groups is 3. The SMILES string of the molecule is CC(=O)OC1SOC(C)C(OC(C)=O)C1OC(C)=O. The van der Waals surface area contributed by atoms with E-state index >= 15 is 0 Å². The van der Waals surface area contributed by atoms with E-state index in [4.69, 9.17) is 18.4 Å². The van der Waals surface area contributed by atoms with Crippen molar-refractivity contribution in [2.24, 2.45) is 0 Å². The molecule has 1 heterocycles. The summed E-state index contributed by atoms with van der Waals surface area (Å²) in [6, 6.07) is 0. The molecule has 8 heteroatoms. The Balaban J connectivity index is 2.89. The first-order valence-electron chi connectivity index (χ1n) is 5.65. The Morgan fingerprint density at radius 1 is 0.895 bits per heavy atom. The highest BCUT2D eigenvalue weighted by Gasteiger charge is 2.46. The normalized spacial score (nSPS) is 30.3. The fraction of sp³-hybridized carbons (Fsp3) is 0.727. The molecule has 0 aromatic carbocycles. The first kappa shape index (κ1) is 15.8. The van der Waals surface area contributed by atoms with Crippen molar-refractivity contribution in [3.8, 4) is 0 Å². The fourth-order valence-corrected chi connectivity index (χ4v) is 2.48. The van der Waals surface area contributed by atoms with Gasteiger partial charge in [-0.05, 0) is 6.92 Å². The van der Waals surface area contributed by atoms with Gasteiger partial charge in [0.25, 0.3) is 0 Å². The Morgan fingerprint density at radius 3 is 1.84 bits per heavy atom. The van der Waals surface area contributed by atoms with E-state index in [-0.39, 0.29) is 0 Å². The van der Waals surface area contributed by atoms with Gasteiger partial charge in [0, 0.05) is 32.8 Å². The second kappa shape index (κ2) is 6.76. The minimum atomic E-state index is -0.904. The molecule has 4 unspecified atom stereocenters. The van der Waals surface area contributed by atoms with Crippen molar-refractivity contribution in [3.05, 3.63) is 0 Å². The van der Waals surface area contributed by atoms with Crippen molar-refractivity contribution in [2.45, 2.75) is 51.4 Å². The van der Waals surface area contributed by atoms with Gasteiger partial charge in [-0.1, -0.05) is 0 Å². The average Bonchev–Trinajstić information content (AvgIpc) is 2.25. The molecular formula is C11H16O7S. The number of ether oxygens (including phenoxy) is 3. The molecule has 0 N–H and O–H groups in total. The summed E-state index contributed by atoms with van der Waals surface area (Å²) in [5, 5.41) is 0. The molecule has 0 spiro atoms. The van der Waals surface area contributed by atoms with Crippen molar-refractivity contribution in [2.75, 3.05) is 0 Å². The zero-order valence-corrected chi connectivity index (χ0v) is 11.9. The zero-order valence-electron chi connectivity index (χ0n) is 11.1. The standard InChI is InChI=1S/C11H16O7S/c1-5-9(15-6(2)12)10(16-7(3)13)11(19-18-5)17-8(4)14/h5,9-11H,1-4H3. The van der Waals surface area contributed by atoms with Crippen LogP contribution in [0.5, 0.6) is 0 Å². The predicted octanol–water partition coefficient (Wildman–Crippen LogP) is 0.806. The van der Waals surface area contributed by atoms with Crippen LogP contribution in [0.3, 0.4) is 0 Å². The van der Waals surface area contributed by atoms with Crippen molar-refractivity contribution in [1.82, 2.24) is 0 Å². The van der Waals surface area contributed by atoms with Gasteiger partial charge in [0.1, 0.15) is 6.10 Å². The first-order valence-corrected chi connectivity index (χ1v) is 6.45. The second-order valence-electron chi connectivity index (χ2n) is 4.02. The Kier molecular flexibility index (Phi) is 5.61. The summed E-state index contributed by atoms with van der Waals surface area (Å²) in [7, 11) is 0.